The van der Waals surface area contributed by atoms with Gasteiger partial charge in [-0.3, -0.25) is 0 Å². The van der Waals surface area contributed by atoms with E-state index in [9.17, 15) is 39.6 Å². The molecule has 5 heterocycles. The summed E-state index contributed by atoms with van der Waals surface area (Å²) in [5.41, 5.74) is 9.44. The summed E-state index contributed by atoms with van der Waals surface area (Å²) in [6.45, 7) is 7.26. The van der Waals surface area contributed by atoms with Gasteiger partial charge in [-0.15, -0.1) is 22.1 Å². The van der Waals surface area contributed by atoms with Gasteiger partial charge in [-0.25, -0.2) is 9.97 Å². The first kappa shape index (κ1) is 36.8. The Morgan fingerprint density at radius 3 is 1.16 bits per heavy atom. The van der Waals surface area contributed by atoms with Gasteiger partial charge in [-0.2, -0.15) is 0 Å². The minimum atomic E-state index is -1.22. The van der Waals surface area contributed by atoms with E-state index in [1.807, 2.05) is 27.7 Å². The minimum absolute atomic E-state index is 0. The fourth-order valence-corrected chi connectivity index (χ4v) is 6.24. The summed E-state index contributed by atoms with van der Waals surface area (Å²) in [5.74, 6) is -4.88. The number of allylic oxidation sites excluding steroid dienone is 4. The summed E-state index contributed by atoms with van der Waals surface area (Å²) in [6.07, 6.45) is -0.448. The third-order valence-electron chi connectivity index (χ3n) is 8.96. The van der Waals surface area contributed by atoms with Crippen LogP contribution >= 0.6 is 0 Å². The Hall–Kier alpha value is -5.00. The molecule has 0 saturated heterocycles. The summed E-state index contributed by atoms with van der Waals surface area (Å²) in [4.78, 5) is 65.2. The number of aromatic nitrogens is 4. The summed E-state index contributed by atoms with van der Waals surface area (Å²) >= 11 is 0. The zero-order chi connectivity index (χ0) is 34.9. The van der Waals surface area contributed by atoms with E-state index >= 15 is 0 Å². The first-order chi connectivity index (χ1) is 22.7. The second-order valence-corrected chi connectivity index (χ2v) is 12.0. The van der Waals surface area contributed by atoms with Gasteiger partial charge in [-0.05, 0) is 101 Å². The average Bonchev–Trinajstić information content (AvgIpc) is 3.66. The Labute approximate surface area is 294 Å². The number of aliphatic carboxylic acids is 4. The SMILES string of the molecule is CC1=C(CCC(=O)[O-])c2cc3[n-]c(cc4nc(cc5[n-]c(cc1n2)c(CCC(=O)[O-])c5C)C(CCC(=O)[O-])=C4C)c(CCC(=O)[O-])c3C.[Cu+2].[H+]. The van der Waals surface area contributed by atoms with E-state index in [2.05, 4.69) is 0 Å². The Kier molecular flexibility index (Phi) is 11.3. The van der Waals surface area contributed by atoms with Gasteiger partial charge in [0.1, 0.15) is 0 Å². The molecule has 3 aromatic heterocycles. The Bertz CT molecular complexity index is 1960. The smallest absolute Gasteiger partial charge is 0.657 e. The number of carbonyl (C=O) groups is 4. The molecule has 0 amide bonds. The van der Waals surface area contributed by atoms with Gasteiger partial charge in [0, 0.05) is 23.9 Å². The van der Waals surface area contributed by atoms with Gasteiger partial charge >= 0.3 is 18.5 Å². The topological polar surface area (TPSA) is 214 Å². The molecule has 0 aliphatic carbocycles. The molecule has 8 bridgehead atoms. The summed E-state index contributed by atoms with van der Waals surface area (Å²) in [5, 5.41) is 45.8. The zero-order valence-corrected chi connectivity index (χ0v) is 28.3. The third kappa shape index (κ3) is 8.01. The minimum Gasteiger partial charge on any atom is -0.657 e. The number of carbonyl (C=O) groups excluding carboxylic acids is 4. The normalized spacial score (nSPS) is 12.7. The van der Waals surface area contributed by atoms with Crippen LogP contribution in [-0.2, 0) is 49.1 Å². The van der Waals surface area contributed by atoms with Gasteiger partial charge in [0.25, 0.3) is 0 Å². The molecule has 0 saturated carbocycles. The molecule has 259 valence electrons. The van der Waals surface area contributed by atoms with Gasteiger partial charge in [-0.1, -0.05) is 46.5 Å². The fraction of sp³-hybridized carbons (Fsp3) is 0.333. The average molecular weight is 713 g/mol. The molecule has 0 spiro atoms. The largest absolute Gasteiger partial charge is 2.00 e. The van der Waals surface area contributed by atoms with Gasteiger partial charge in [0.05, 0.1) is 22.8 Å². The molecule has 0 N–H and O–H groups in total. The van der Waals surface area contributed by atoms with E-state index in [0.29, 0.717) is 89.4 Å². The van der Waals surface area contributed by atoms with Crippen molar-refractivity contribution in [3.8, 4) is 0 Å². The third-order valence-corrected chi connectivity index (χ3v) is 8.96. The second-order valence-electron chi connectivity index (χ2n) is 12.0. The number of nitrogens with zero attached hydrogens (tertiary/aromatic N) is 4. The molecular formula is C36H33CuN4O8-3. The van der Waals surface area contributed by atoms with Crippen molar-refractivity contribution in [2.24, 2.45) is 0 Å². The molecule has 0 fully saturated rings. The van der Waals surface area contributed by atoms with Crippen LogP contribution in [0.2, 0.25) is 0 Å². The molecule has 13 heteroatoms. The predicted octanol–water partition coefficient (Wildman–Crippen LogP) is 0.586. The van der Waals surface area contributed by atoms with Crippen LogP contribution in [0.1, 0.15) is 98.8 Å². The van der Waals surface area contributed by atoms with Crippen LogP contribution in [0.5, 0.6) is 0 Å². The molecule has 0 atom stereocenters. The van der Waals surface area contributed by atoms with Crippen molar-refractivity contribution in [1.29, 1.82) is 0 Å². The van der Waals surface area contributed by atoms with E-state index in [1.165, 1.54) is 0 Å². The predicted molar refractivity (Wildman–Crippen MR) is 170 cm³/mol. The van der Waals surface area contributed by atoms with Crippen molar-refractivity contribution in [2.75, 3.05) is 0 Å². The first-order valence-electron chi connectivity index (χ1n) is 15.6. The summed E-state index contributed by atoms with van der Waals surface area (Å²) < 4.78 is 0. The van der Waals surface area contributed by atoms with Crippen LogP contribution in [0.25, 0.3) is 44.4 Å². The van der Waals surface area contributed by atoms with Crippen LogP contribution in [0, 0.1) is 13.8 Å². The number of carboxylic acid groups (broad SMARTS) is 4. The number of fused-ring (bicyclic) bond motifs is 8. The van der Waals surface area contributed by atoms with Crippen molar-refractivity contribution in [1.82, 2.24) is 19.9 Å². The molecule has 1 radical (unpaired) electrons. The maximum absolute atomic E-state index is 11.5. The molecule has 5 rings (SSSR count). The molecule has 2 aliphatic heterocycles. The first-order valence-corrected chi connectivity index (χ1v) is 15.6. The maximum atomic E-state index is 11.5. The fourth-order valence-electron chi connectivity index (χ4n) is 6.24. The van der Waals surface area contributed by atoms with E-state index < -0.39 is 23.9 Å². The zero-order valence-electron chi connectivity index (χ0n) is 28.3. The molecule has 0 unspecified atom stereocenters. The standard InChI is InChI=1S/C36H38N4O8.Cu/c1-17-21(5-9-33(41)42)29-14-26-19(3)23(7-11-35(45)46)31(39-26)16-28-20(4)24(8-12-36(47)48)32(40-28)15-27-18(2)22(6-10-34(43)44)30(38-27)13-25(17)37-29;/h13-16H,5-12H2,1-4H3,(H6,37,38,39,40,41,42,43,44,45,46,47,48);/q;+2/p-5. The van der Waals surface area contributed by atoms with Crippen LogP contribution in [0.15, 0.2) is 24.3 Å². The Morgan fingerprint density at radius 1 is 0.531 bits per heavy atom. The van der Waals surface area contributed by atoms with Crippen molar-refractivity contribution in [2.45, 2.75) is 79.1 Å². The van der Waals surface area contributed by atoms with Crippen molar-refractivity contribution in [3.63, 3.8) is 0 Å². The Morgan fingerprint density at radius 2 is 0.837 bits per heavy atom. The monoisotopic (exact) mass is 712 g/mol. The number of hydrogen-bond donors (Lipinski definition) is 0. The maximum Gasteiger partial charge on any atom is 2.00 e. The number of aryl methyl sites for hydroxylation is 4. The number of carboxylic acids is 4. The van der Waals surface area contributed by atoms with Crippen molar-refractivity contribution < 1.29 is 58.1 Å². The van der Waals surface area contributed by atoms with Gasteiger partial charge in [0.2, 0.25) is 0 Å². The van der Waals surface area contributed by atoms with Crippen LogP contribution in [0.3, 0.4) is 0 Å². The van der Waals surface area contributed by atoms with Crippen LogP contribution in [0.4, 0.5) is 0 Å². The molecule has 49 heavy (non-hydrogen) atoms. The quantitative estimate of drug-likeness (QED) is 0.236. The van der Waals surface area contributed by atoms with Crippen LogP contribution < -0.4 is 30.4 Å². The molecule has 2 aliphatic rings. The van der Waals surface area contributed by atoms with E-state index in [0.717, 1.165) is 0 Å². The van der Waals surface area contributed by atoms with E-state index in [4.69, 9.17) is 19.9 Å². The molecule has 12 nitrogen and oxygen atoms in total. The van der Waals surface area contributed by atoms with Crippen molar-refractivity contribution >= 4 is 68.2 Å². The molecule has 0 aromatic carbocycles. The second kappa shape index (κ2) is 15.0. The molecule has 3 aromatic rings. The van der Waals surface area contributed by atoms with Crippen LogP contribution in [-0.4, -0.2) is 33.8 Å². The summed E-state index contributed by atoms with van der Waals surface area (Å²) in [6, 6.07) is 6.94. The van der Waals surface area contributed by atoms with E-state index in [-0.39, 0.29) is 69.9 Å². The molecular weight excluding hydrogens is 680 g/mol. The van der Waals surface area contributed by atoms with Gasteiger partial charge in [0.15, 0.2) is 0 Å². The Balaban J connectivity index is 0.00000338. The van der Waals surface area contributed by atoms with Gasteiger partial charge < -0.3 is 49.6 Å². The number of rotatable bonds is 12. The summed E-state index contributed by atoms with van der Waals surface area (Å²) in [7, 11) is 0. The number of hydrogen-bond acceptors (Lipinski definition) is 10. The van der Waals surface area contributed by atoms with E-state index in [1.54, 1.807) is 24.3 Å². The van der Waals surface area contributed by atoms with Crippen molar-refractivity contribution in [3.05, 3.63) is 69.3 Å².